The van der Waals surface area contributed by atoms with E-state index >= 15 is 0 Å². The number of halogens is 1. The third kappa shape index (κ3) is 24.1. The number of ether oxygens (including phenoxy) is 13. The normalized spacial score (nSPS) is 30.3. The number of Topliss-reactive ketones (excluding diaryl/α,β-unsaturated/α-hetero) is 1. The van der Waals surface area contributed by atoms with Crippen molar-refractivity contribution >= 4 is 96.4 Å². The SMILES string of the molecule is CCN(C(C)=O)[C@H]1CO[C@@H](O[C@H]2[C@H](O[C@@H]3C#C/C=C\C#CCC[C@]4(O)CC(=O)C(NC(=O)OC)=C3/C4=C\CSSC(C)(C)CC(=O)N/N=C(\C)c3ccc(OCCCC([NH-])=O)cc3)O[C@H](C)[C@@H](NO[C@H]3C[C@H](O)[C@H](SC(=O)c4c(C)c(I)c(O[C@@H]5O[C@@H](C)[C@H](O)[C@@H](OC)[C@H]5O)c(OC)c4OC)[C@@H](C)O3)[C@@H]2O)C[C@@H]1OC.[Y]. The van der Waals surface area contributed by atoms with Crippen molar-refractivity contribution in [1.82, 2.24) is 21.1 Å². The number of ketones is 1. The number of carbonyl (C=O) groups is 6. The summed E-state index contributed by atoms with van der Waals surface area (Å²) in [6.45, 7) is 15.9. The number of rotatable bonds is 31. The van der Waals surface area contributed by atoms with Crippen LogP contribution in [0.15, 0.2) is 64.4 Å². The van der Waals surface area contributed by atoms with Gasteiger partial charge in [0.2, 0.25) is 29.0 Å². The molecule has 8 rings (SSSR count). The van der Waals surface area contributed by atoms with Crippen LogP contribution in [0, 0.1) is 34.2 Å². The number of thioether (sulfide) groups is 1. The molecule has 0 unspecified atom stereocenters. The summed E-state index contributed by atoms with van der Waals surface area (Å²) in [6.07, 6.45) is -14.9. The Hall–Kier alpha value is -5.05. The molecule has 19 atom stereocenters. The minimum absolute atomic E-state index is 0. The zero-order chi connectivity index (χ0) is 80.5. The maximum Gasteiger partial charge on any atom is 0.411 e. The molecule has 4 saturated heterocycles. The van der Waals surface area contributed by atoms with Gasteiger partial charge in [0.1, 0.15) is 42.4 Å². The fourth-order valence-electron chi connectivity index (χ4n) is 13.4. The van der Waals surface area contributed by atoms with Crippen molar-refractivity contribution in [2.24, 2.45) is 5.10 Å². The van der Waals surface area contributed by atoms with Gasteiger partial charge >= 0.3 is 6.09 Å². The number of aliphatic hydroxyl groups is 5. The summed E-state index contributed by atoms with van der Waals surface area (Å²) in [5.41, 5.74) is 12.2. The molecule has 4 aliphatic heterocycles. The first-order valence-corrected chi connectivity index (χ1v) is 40.1. The molecular weight excluding hydrogens is 1700 g/mol. The van der Waals surface area contributed by atoms with E-state index in [1.165, 1.54) is 69.1 Å². The molecule has 36 heteroatoms. The fourth-order valence-corrected chi connectivity index (χ4v) is 17.6. The molecule has 0 saturated carbocycles. The fraction of sp³-hybridized carbons (Fsp3) is 0.613. The Morgan fingerprint density at radius 2 is 1.58 bits per heavy atom. The zero-order valence-electron chi connectivity index (χ0n) is 64.4. The number of aliphatic hydroxyl groups excluding tert-OH is 4. The number of nitrogens with one attached hydrogen (secondary N) is 4. The summed E-state index contributed by atoms with van der Waals surface area (Å²) in [6, 6.07) is 5.32. The number of hydrogen-bond donors (Lipinski definition) is 8. The van der Waals surface area contributed by atoms with Gasteiger partial charge in [0.25, 0.3) is 0 Å². The van der Waals surface area contributed by atoms with Crippen LogP contribution in [0.1, 0.15) is 128 Å². The predicted molar refractivity (Wildman–Crippen MR) is 414 cm³/mol. The van der Waals surface area contributed by atoms with Crippen molar-refractivity contribution in [3.05, 3.63) is 85.3 Å². The first kappa shape index (κ1) is 93.1. The number of hydrazone groups is 1. The van der Waals surface area contributed by atoms with Crippen LogP contribution in [0.5, 0.6) is 23.0 Å². The standard InChI is InChI=1S/C75H101IN6O25S3.Y/c1-15-82(43(7)83)47-37-100-54(34-51(47)94-10)105-67-62(89)59(81-107-55-33-48(84)69(42(6)101-55)109-70(91)56-38(2)58(76)65(68(97-13)64(56)95-11)106-71-63(90)66(96-12)61(88)41(5)103-71)40(4)102-72(67)104-50-23-20-18-16-17-19-21-30-75(93)35-49(85)60(78-73(92)98-14)57(50)46(75)29-32-108-110-74(8,9)36-53(87)80-79-39(3)44-25-27-45(28-26-44)99-31-22-24-52(77)86;/h16,18,25-29,40-42,47-48,50-51,54-55,59,61-63,66-67,69,71-72,81,84,88-90,93H,15,21-22,24,30-37H2,1-14H3,(H4,77,78,80,86,87,92);/p-1/b18-16-,46-29+,79-39+;/t40-,41+,42-,47+,48+,50-,51+,54+,55+,59-,61+,62+,63-,66-,67-,69-,71+,72+,75+;/m1./s1. The Kier molecular flexibility index (Phi) is 36.3. The van der Waals surface area contributed by atoms with Crippen LogP contribution >= 0.6 is 55.9 Å². The van der Waals surface area contributed by atoms with Gasteiger partial charge in [-0.25, -0.2) is 10.2 Å². The largest absolute Gasteiger partial charge is 0.668 e. The van der Waals surface area contributed by atoms with Crippen molar-refractivity contribution in [1.29, 1.82) is 0 Å². The van der Waals surface area contributed by atoms with Crippen LogP contribution < -0.4 is 35.2 Å². The van der Waals surface area contributed by atoms with Gasteiger partial charge in [-0.3, -0.25) is 29.3 Å². The van der Waals surface area contributed by atoms with E-state index in [1.807, 2.05) is 43.4 Å². The average Bonchev–Trinajstić information content (AvgIpc) is 0.749. The summed E-state index contributed by atoms with van der Waals surface area (Å²) in [5.74, 6) is 10.8. The molecule has 4 fully saturated rings. The van der Waals surface area contributed by atoms with Gasteiger partial charge in [-0.05, 0) is 150 Å². The minimum atomic E-state index is -1.96. The molecule has 2 aromatic carbocycles. The molecule has 2 bridgehead atoms. The Labute approximate surface area is 697 Å². The molecule has 2 aliphatic carbocycles. The van der Waals surface area contributed by atoms with Crippen LogP contribution in [0.25, 0.3) is 5.73 Å². The summed E-state index contributed by atoms with van der Waals surface area (Å²) in [4.78, 5) is 87.8. The molecule has 1 radical (unpaired) electrons. The van der Waals surface area contributed by atoms with Crippen LogP contribution in [-0.4, -0.2) is 252 Å². The number of benzene rings is 2. The van der Waals surface area contributed by atoms with Crippen molar-refractivity contribution in [2.75, 3.05) is 61.1 Å². The van der Waals surface area contributed by atoms with E-state index in [9.17, 15) is 54.3 Å². The van der Waals surface area contributed by atoms with Gasteiger partial charge in [-0.2, -0.15) is 10.6 Å². The Morgan fingerprint density at radius 3 is 2.23 bits per heavy atom. The number of methoxy groups -OCH3 is 5. The van der Waals surface area contributed by atoms with Gasteiger partial charge < -0.3 is 103 Å². The van der Waals surface area contributed by atoms with Crippen LogP contribution in [0.2, 0.25) is 0 Å². The van der Waals surface area contributed by atoms with E-state index in [-0.39, 0.29) is 142 Å². The first-order chi connectivity index (χ1) is 52.3. The van der Waals surface area contributed by atoms with Crippen molar-refractivity contribution in [3.8, 4) is 46.7 Å². The van der Waals surface area contributed by atoms with Crippen LogP contribution in [-0.2, 0) is 99.4 Å². The molecule has 4 heterocycles. The first-order valence-electron chi connectivity index (χ1n) is 35.8. The zero-order valence-corrected chi connectivity index (χ0v) is 71.8. The van der Waals surface area contributed by atoms with Crippen LogP contribution in [0.3, 0.4) is 0 Å². The van der Waals surface area contributed by atoms with Crippen molar-refractivity contribution < 1.29 is 153 Å². The van der Waals surface area contributed by atoms with E-state index in [2.05, 4.69) is 45.0 Å². The number of allylic oxidation sites excluding steroid dienone is 3. The quantitative estimate of drug-likeness (QED) is 0.0101. The van der Waals surface area contributed by atoms with Gasteiger partial charge in [0.15, 0.2) is 36.2 Å². The number of amides is 4. The van der Waals surface area contributed by atoms with Gasteiger partial charge in [0, 0.05) is 114 Å². The van der Waals surface area contributed by atoms with Gasteiger partial charge in [0.05, 0.1) is 109 Å². The molecule has 2 aromatic rings. The molecule has 609 valence electrons. The second-order valence-corrected chi connectivity index (χ2v) is 32.7. The summed E-state index contributed by atoms with van der Waals surface area (Å²) in [7, 11) is 9.35. The van der Waals surface area contributed by atoms with E-state index < -0.39 is 149 Å². The van der Waals surface area contributed by atoms with Crippen molar-refractivity contribution in [2.45, 2.75) is 234 Å². The smallest absolute Gasteiger partial charge is 0.411 e. The Morgan fingerprint density at radius 1 is 0.874 bits per heavy atom. The predicted octanol–water partition coefficient (Wildman–Crippen LogP) is 6.40. The molecule has 4 amide bonds. The van der Waals surface area contributed by atoms with Crippen molar-refractivity contribution in [3.63, 3.8) is 0 Å². The molecule has 0 aromatic heterocycles. The van der Waals surface area contributed by atoms with E-state index in [0.717, 1.165) is 24.4 Å². The molecule has 6 aliphatic rings. The molecule has 9 N–H and O–H groups in total. The van der Waals surface area contributed by atoms with Gasteiger partial charge in [-0.15, -0.1) is 0 Å². The third-order valence-corrected chi connectivity index (χ3v) is 25.0. The number of fused-ring (bicyclic) bond motifs is 2. The maximum absolute atomic E-state index is 14.7. The van der Waals surface area contributed by atoms with E-state index in [1.54, 1.807) is 69.9 Å². The average molecular weight is 1800 g/mol. The Balaban J connectivity index is 0.0000171. The molecule has 31 nitrogen and oxygen atoms in total. The van der Waals surface area contributed by atoms with E-state index in [4.69, 9.17) is 72.2 Å². The Bertz CT molecular complexity index is 3840. The number of likely N-dealkylation sites (N-methyl/N-ethyl adjacent to an activating group) is 1. The monoisotopic (exact) mass is 1800 g/mol. The van der Waals surface area contributed by atoms with Gasteiger partial charge in [-0.1, -0.05) is 63.1 Å². The summed E-state index contributed by atoms with van der Waals surface area (Å²) >= 11 is 2.78. The van der Waals surface area contributed by atoms with Crippen LogP contribution in [0.4, 0.5) is 4.79 Å². The minimum Gasteiger partial charge on any atom is -0.668 e. The van der Waals surface area contributed by atoms with E-state index in [0.29, 0.717) is 33.6 Å². The number of carbonyl (C=O) groups excluding carboxylic acids is 6. The number of nitrogens with zero attached hydrogens (tertiary/aromatic N) is 2. The summed E-state index contributed by atoms with van der Waals surface area (Å²) < 4.78 is 78.5. The molecule has 0 spiro atoms. The number of alkyl carbamates (subject to hydrolysis) is 1. The summed E-state index contributed by atoms with van der Waals surface area (Å²) in [5, 5.41) is 65.0. The number of hydrogen-bond acceptors (Lipinski definition) is 30. The molecular formula is C75H100IN6O25S3Y-. The second kappa shape index (κ2) is 43.2. The topological polar surface area (TPSA) is 408 Å². The number of hydroxylamine groups is 1. The third-order valence-electron chi connectivity index (χ3n) is 19.2. The molecule has 111 heavy (non-hydrogen) atoms. The second-order valence-electron chi connectivity index (χ2n) is 27.4. The maximum atomic E-state index is 14.7.